The van der Waals surface area contributed by atoms with Crippen molar-refractivity contribution >= 4 is 17.7 Å². The summed E-state index contributed by atoms with van der Waals surface area (Å²) in [7, 11) is 3.18. The molecule has 124 valence electrons. The summed E-state index contributed by atoms with van der Waals surface area (Å²) in [5.41, 5.74) is -1.01. The molecule has 0 aliphatic heterocycles. The topological polar surface area (TPSA) is 70.2 Å². The Kier molecular flexibility index (Phi) is 5.95. The second-order valence-corrected chi connectivity index (χ2v) is 5.20. The van der Waals surface area contributed by atoms with E-state index < -0.39 is 11.9 Å². The summed E-state index contributed by atoms with van der Waals surface area (Å²) in [6.45, 7) is 4.00. The Hall–Kier alpha value is -2.06. The summed E-state index contributed by atoms with van der Waals surface area (Å²) < 4.78 is 38.4. The van der Waals surface area contributed by atoms with Gasteiger partial charge in [-0.15, -0.1) is 0 Å². The van der Waals surface area contributed by atoms with Crippen LogP contribution in [0.1, 0.15) is 19.5 Å². The minimum Gasteiger partial charge on any atom is -0.363 e. The van der Waals surface area contributed by atoms with Crippen LogP contribution in [-0.2, 0) is 11.0 Å². The largest absolute Gasteiger partial charge is 0.433 e. The smallest absolute Gasteiger partial charge is 0.363 e. The molecule has 1 rings (SSSR count). The van der Waals surface area contributed by atoms with E-state index >= 15 is 0 Å². The lowest BCUT2D eigenvalue weighted by Gasteiger charge is -2.16. The van der Waals surface area contributed by atoms with Crippen LogP contribution in [0, 0.1) is 5.92 Å². The Bertz CT molecular complexity index is 517. The highest BCUT2D eigenvalue weighted by atomic mass is 19.4. The third-order valence-corrected chi connectivity index (χ3v) is 2.69. The molecule has 0 aliphatic rings. The number of halogens is 3. The van der Waals surface area contributed by atoms with Gasteiger partial charge < -0.3 is 15.5 Å². The summed E-state index contributed by atoms with van der Waals surface area (Å²) >= 11 is 0. The van der Waals surface area contributed by atoms with Crippen LogP contribution >= 0.6 is 0 Å². The van der Waals surface area contributed by atoms with Crippen LogP contribution in [0.4, 0.5) is 24.9 Å². The van der Waals surface area contributed by atoms with E-state index in [1.807, 2.05) is 0 Å². The van der Waals surface area contributed by atoms with Gasteiger partial charge in [0.25, 0.3) is 0 Å². The standard InChI is InChI=1S/C13H20F3N5O/c1-8(2)11(22)17-5-6-18-12-19-9(13(14,15)16)7-10(20-12)21(3)4/h7-8H,5-6H2,1-4H3,(H,17,22)(H,18,19,20). The van der Waals surface area contributed by atoms with Crippen molar-refractivity contribution in [1.82, 2.24) is 15.3 Å². The molecule has 1 heterocycles. The fourth-order valence-electron chi connectivity index (χ4n) is 1.45. The number of nitrogens with one attached hydrogen (secondary N) is 2. The van der Waals surface area contributed by atoms with E-state index in [-0.39, 0.29) is 36.7 Å². The molecule has 6 nitrogen and oxygen atoms in total. The van der Waals surface area contributed by atoms with E-state index in [9.17, 15) is 18.0 Å². The normalized spacial score (nSPS) is 11.5. The average molecular weight is 319 g/mol. The first-order chi connectivity index (χ1) is 10.1. The van der Waals surface area contributed by atoms with Gasteiger partial charge in [0.2, 0.25) is 11.9 Å². The predicted molar refractivity (Wildman–Crippen MR) is 77.7 cm³/mol. The number of amides is 1. The first-order valence-electron chi connectivity index (χ1n) is 6.76. The van der Waals surface area contributed by atoms with Crippen LogP contribution in [0.2, 0.25) is 0 Å². The fourth-order valence-corrected chi connectivity index (χ4v) is 1.45. The molecule has 0 saturated heterocycles. The molecule has 0 aromatic carbocycles. The van der Waals surface area contributed by atoms with Crippen molar-refractivity contribution in [2.45, 2.75) is 20.0 Å². The molecule has 9 heteroatoms. The van der Waals surface area contributed by atoms with Crippen LogP contribution in [0.5, 0.6) is 0 Å². The molecule has 0 radical (unpaired) electrons. The molecule has 0 aliphatic carbocycles. The van der Waals surface area contributed by atoms with Gasteiger partial charge in [-0.25, -0.2) is 4.98 Å². The Morgan fingerprint density at radius 1 is 1.27 bits per heavy atom. The first kappa shape index (κ1) is 18.0. The summed E-state index contributed by atoms with van der Waals surface area (Å²) in [6.07, 6.45) is -4.55. The SMILES string of the molecule is CC(C)C(=O)NCCNc1nc(N(C)C)cc(C(F)(F)F)n1. The molecule has 0 bridgehead atoms. The van der Waals surface area contributed by atoms with Gasteiger partial charge in [-0.05, 0) is 0 Å². The van der Waals surface area contributed by atoms with Crippen LogP contribution in [-0.4, -0.2) is 43.1 Å². The molecule has 22 heavy (non-hydrogen) atoms. The number of rotatable bonds is 6. The van der Waals surface area contributed by atoms with Crippen LogP contribution in [0.15, 0.2) is 6.07 Å². The minimum atomic E-state index is -4.55. The maximum atomic E-state index is 12.8. The van der Waals surface area contributed by atoms with Gasteiger partial charge >= 0.3 is 6.18 Å². The van der Waals surface area contributed by atoms with E-state index in [0.29, 0.717) is 0 Å². The van der Waals surface area contributed by atoms with Gasteiger partial charge in [0.05, 0.1) is 0 Å². The van der Waals surface area contributed by atoms with Gasteiger partial charge in [-0.3, -0.25) is 4.79 Å². The minimum absolute atomic E-state index is 0.124. The molecule has 0 saturated carbocycles. The molecular weight excluding hydrogens is 299 g/mol. The number of hydrogen-bond donors (Lipinski definition) is 2. The highest BCUT2D eigenvalue weighted by molar-refractivity contribution is 5.77. The molecule has 0 fully saturated rings. The number of anilines is 2. The Balaban J connectivity index is 2.74. The lowest BCUT2D eigenvalue weighted by Crippen LogP contribution is -2.32. The van der Waals surface area contributed by atoms with E-state index in [1.165, 1.54) is 4.90 Å². The summed E-state index contributed by atoms with van der Waals surface area (Å²) in [5.74, 6) is -0.251. The lowest BCUT2D eigenvalue weighted by molar-refractivity contribution is -0.141. The second kappa shape index (κ2) is 7.28. The van der Waals surface area contributed by atoms with Crippen molar-refractivity contribution in [3.63, 3.8) is 0 Å². The van der Waals surface area contributed by atoms with Crippen molar-refractivity contribution in [1.29, 1.82) is 0 Å². The number of hydrogen-bond acceptors (Lipinski definition) is 5. The first-order valence-corrected chi connectivity index (χ1v) is 6.76. The van der Waals surface area contributed by atoms with Gasteiger partial charge in [-0.2, -0.15) is 18.2 Å². The maximum Gasteiger partial charge on any atom is 0.433 e. The Morgan fingerprint density at radius 2 is 1.91 bits per heavy atom. The summed E-state index contributed by atoms with van der Waals surface area (Å²) in [4.78, 5) is 20.3. The van der Waals surface area contributed by atoms with E-state index in [4.69, 9.17) is 0 Å². The quantitative estimate of drug-likeness (QED) is 0.782. The third kappa shape index (κ3) is 5.38. The third-order valence-electron chi connectivity index (χ3n) is 2.69. The molecular formula is C13H20F3N5O. The number of carbonyl (C=O) groups is 1. The molecule has 0 atom stereocenters. The monoisotopic (exact) mass is 319 g/mol. The molecule has 0 unspecified atom stereocenters. The molecule has 1 amide bonds. The average Bonchev–Trinajstić information content (AvgIpc) is 2.41. The Morgan fingerprint density at radius 3 is 2.41 bits per heavy atom. The van der Waals surface area contributed by atoms with E-state index in [2.05, 4.69) is 20.6 Å². The fraction of sp³-hybridized carbons (Fsp3) is 0.615. The van der Waals surface area contributed by atoms with Gasteiger partial charge in [0, 0.05) is 39.2 Å². The highest BCUT2D eigenvalue weighted by Crippen LogP contribution is 2.30. The zero-order chi connectivity index (χ0) is 16.9. The van der Waals surface area contributed by atoms with Crippen molar-refractivity contribution in [2.24, 2.45) is 5.92 Å². The molecule has 1 aromatic heterocycles. The molecule has 1 aromatic rings. The van der Waals surface area contributed by atoms with E-state index in [1.54, 1.807) is 27.9 Å². The zero-order valence-electron chi connectivity index (χ0n) is 13.0. The van der Waals surface area contributed by atoms with E-state index in [0.717, 1.165) is 6.07 Å². The summed E-state index contributed by atoms with van der Waals surface area (Å²) in [5, 5.41) is 5.33. The number of alkyl halides is 3. The van der Waals surface area contributed by atoms with Gasteiger partial charge in [0.1, 0.15) is 5.82 Å². The van der Waals surface area contributed by atoms with Crippen molar-refractivity contribution in [2.75, 3.05) is 37.4 Å². The van der Waals surface area contributed by atoms with Crippen molar-refractivity contribution in [3.8, 4) is 0 Å². The lowest BCUT2D eigenvalue weighted by atomic mass is 10.2. The Labute approximate surface area is 127 Å². The van der Waals surface area contributed by atoms with Crippen molar-refractivity contribution < 1.29 is 18.0 Å². The maximum absolute atomic E-state index is 12.8. The van der Waals surface area contributed by atoms with Crippen LogP contribution in [0.25, 0.3) is 0 Å². The summed E-state index contributed by atoms with van der Waals surface area (Å²) in [6, 6.07) is 0.881. The number of nitrogens with zero attached hydrogens (tertiary/aromatic N) is 3. The molecule has 2 N–H and O–H groups in total. The second-order valence-electron chi connectivity index (χ2n) is 5.20. The van der Waals surface area contributed by atoms with Gasteiger partial charge in [-0.1, -0.05) is 13.8 Å². The highest BCUT2D eigenvalue weighted by Gasteiger charge is 2.33. The number of carbonyl (C=O) groups excluding carboxylic acids is 1. The van der Waals surface area contributed by atoms with Crippen LogP contribution < -0.4 is 15.5 Å². The van der Waals surface area contributed by atoms with Gasteiger partial charge in [0.15, 0.2) is 5.69 Å². The molecule has 0 spiro atoms. The predicted octanol–water partition coefficient (Wildman–Crippen LogP) is 1.75. The van der Waals surface area contributed by atoms with Crippen molar-refractivity contribution in [3.05, 3.63) is 11.8 Å². The number of aromatic nitrogens is 2. The van der Waals surface area contributed by atoms with Crippen LogP contribution in [0.3, 0.4) is 0 Å². The zero-order valence-corrected chi connectivity index (χ0v) is 13.0.